The Labute approximate surface area is 176 Å². The molecule has 0 bridgehead atoms. The average Bonchev–Trinajstić information content (AvgIpc) is 3.05. The van der Waals surface area contributed by atoms with Crippen LogP contribution in [0.1, 0.15) is 15.9 Å². The topological polar surface area (TPSA) is 143 Å². The number of nitrogens with zero attached hydrogens (tertiary/aromatic N) is 3. The molecule has 1 amide bonds. The van der Waals surface area contributed by atoms with Gasteiger partial charge in [-0.15, -0.1) is 0 Å². The van der Waals surface area contributed by atoms with Crippen molar-refractivity contribution in [2.24, 2.45) is 5.10 Å². The van der Waals surface area contributed by atoms with Gasteiger partial charge in [0.2, 0.25) is 5.75 Å². The van der Waals surface area contributed by atoms with Gasteiger partial charge in [0.15, 0.2) is 11.5 Å². The van der Waals surface area contributed by atoms with Crippen molar-refractivity contribution in [1.29, 1.82) is 0 Å². The lowest BCUT2D eigenvalue weighted by molar-refractivity contribution is -0.386. The second-order valence-electron chi connectivity index (χ2n) is 6.32. The fraction of sp³-hybridized carbons (Fsp3) is 0.105. The van der Waals surface area contributed by atoms with Gasteiger partial charge in [-0.25, -0.2) is 4.79 Å². The number of alkyl halides is 3. The third-order valence-corrected chi connectivity index (χ3v) is 4.31. The molecule has 13 heteroatoms. The summed E-state index contributed by atoms with van der Waals surface area (Å²) in [6.07, 6.45) is -4.32. The first-order valence-electron chi connectivity index (χ1n) is 8.55. The number of amides is 1. The maximum absolute atomic E-state index is 13.6. The largest absolute Gasteiger partial charge is 0.500 e. The number of hydrogen-bond acceptors (Lipinski definition) is 7. The van der Waals surface area contributed by atoms with Crippen molar-refractivity contribution < 1.29 is 42.6 Å². The molecular weight excluding hydrogens is 439 g/mol. The molecule has 1 aliphatic heterocycles. The van der Waals surface area contributed by atoms with E-state index >= 15 is 0 Å². The van der Waals surface area contributed by atoms with E-state index in [1.807, 2.05) is 0 Å². The minimum atomic E-state index is -5.05. The van der Waals surface area contributed by atoms with E-state index in [0.29, 0.717) is 5.01 Å². The van der Waals surface area contributed by atoms with Gasteiger partial charge in [-0.3, -0.25) is 14.9 Å². The molecule has 0 unspecified atom stereocenters. The fourth-order valence-corrected chi connectivity index (χ4v) is 2.83. The maximum Gasteiger partial charge on any atom is 0.435 e. The number of carbonyl (C=O) groups is 2. The lowest BCUT2D eigenvalue weighted by atomic mass is 10.0. The minimum Gasteiger partial charge on any atom is -0.500 e. The van der Waals surface area contributed by atoms with Crippen LogP contribution in [0.4, 0.5) is 24.5 Å². The lowest BCUT2D eigenvalue weighted by Gasteiger charge is -2.11. The number of methoxy groups -OCH3 is 1. The van der Waals surface area contributed by atoms with Crippen molar-refractivity contribution >= 4 is 35.0 Å². The SMILES string of the molecule is COc1cc(/C=C2\C(=O)N(c3ccc(C(=O)O)cc3)N=C2C(F)(F)F)cc([N+](=O)[O-])c1O. The monoisotopic (exact) mass is 451 g/mol. The number of anilines is 1. The minimum absolute atomic E-state index is 0.126. The summed E-state index contributed by atoms with van der Waals surface area (Å²) in [4.78, 5) is 33.8. The van der Waals surface area contributed by atoms with E-state index in [9.17, 15) is 38.0 Å². The first kappa shape index (κ1) is 22.3. The maximum atomic E-state index is 13.6. The first-order valence-corrected chi connectivity index (χ1v) is 8.55. The Morgan fingerprint density at radius 3 is 2.38 bits per heavy atom. The third-order valence-electron chi connectivity index (χ3n) is 4.31. The number of ether oxygens (including phenoxy) is 1. The van der Waals surface area contributed by atoms with E-state index in [1.54, 1.807) is 0 Å². The van der Waals surface area contributed by atoms with Gasteiger partial charge in [0, 0.05) is 6.07 Å². The molecule has 0 aliphatic carbocycles. The number of hydrogen-bond donors (Lipinski definition) is 2. The summed E-state index contributed by atoms with van der Waals surface area (Å²) in [5.41, 5.74) is -3.82. The predicted molar refractivity (Wildman–Crippen MR) is 104 cm³/mol. The molecule has 3 rings (SSSR count). The highest BCUT2D eigenvalue weighted by Gasteiger charge is 2.47. The number of nitro benzene ring substituents is 1. The number of aromatic carboxylic acids is 1. The number of phenolic OH excluding ortho intramolecular Hbond substituents is 1. The molecule has 32 heavy (non-hydrogen) atoms. The summed E-state index contributed by atoms with van der Waals surface area (Å²) in [7, 11) is 1.08. The van der Waals surface area contributed by atoms with Crippen LogP contribution in [-0.4, -0.2) is 46.0 Å². The van der Waals surface area contributed by atoms with Crippen molar-refractivity contribution in [3.63, 3.8) is 0 Å². The van der Waals surface area contributed by atoms with Crippen molar-refractivity contribution in [3.05, 3.63) is 63.2 Å². The average molecular weight is 451 g/mol. The smallest absolute Gasteiger partial charge is 0.435 e. The molecule has 2 aromatic carbocycles. The Morgan fingerprint density at radius 2 is 1.88 bits per heavy atom. The summed E-state index contributed by atoms with van der Waals surface area (Å²) < 4.78 is 45.5. The van der Waals surface area contributed by atoms with Gasteiger partial charge in [0.25, 0.3) is 5.91 Å². The molecule has 1 heterocycles. The van der Waals surface area contributed by atoms with Crippen molar-refractivity contribution in [3.8, 4) is 11.5 Å². The number of hydrazone groups is 1. The molecule has 0 saturated carbocycles. The van der Waals surface area contributed by atoms with Crippen LogP contribution in [0.15, 0.2) is 47.1 Å². The Balaban J connectivity index is 2.12. The number of nitro groups is 1. The van der Waals surface area contributed by atoms with Gasteiger partial charge < -0.3 is 14.9 Å². The van der Waals surface area contributed by atoms with Crippen LogP contribution in [-0.2, 0) is 4.79 Å². The molecule has 0 aromatic heterocycles. The summed E-state index contributed by atoms with van der Waals surface area (Å²) >= 11 is 0. The van der Waals surface area contributed by atoms with Gasteiger partial charge in [-0.2, -0.15) is 23.3 Å². The number of phenols is 1. The Bertz CT molecular complexity index is 1190. The highest BCUT2D eigenvalue weighted by atomic mass is 19.4. The zero-order valence-electron chi connectivity index (χ0n) is 16.0. The zero-order chi connectivity index (χ0) is 23.8. The highest BCUT2D eigenvalue weighted by molar-refractivity contribution is 6.34. The van der Waals surface area contributed by atoms with Gasteiger partial charge in [-0.05, 0) is 42.0 Å². The first-order chi connectivity index (χ1) is 14.9. The van der Waals surface area contributed by atoms with Crippen molar-refractivity contribution in [2.45, 2.75) is 6.18 Å². The number of carboxylic acids is 1. The van der Waals surface area contributed by atoms with E-state index in [4.69, 9.17) is 9.84 Å². The lowest BCUT2D eigenvalue weighted by Crippen LogP contribution is -2.25. The Hall–Kier alpha value is -4.42. The molecular formula is C19H12F3N3O7. The quantitative estimate of drug-likeness (QED) is 0.403. The molecule has 0 saturated heterocycles. The van der Waals surface area contributed by atoms with E-state index < -0.39 is 45.7 Å². The van der Waals surface area contributed by atoms with E-state index in [-0.39, 0.29) is 22.6 Å². The number of aromatic hydroxyl groups is 1. The second-order valence-corrected chi connectivity index (χ2v) is 6.32. The number of carboxylic acid groups (broad SMARTS) is 1. The molecule has 10 nitrogen and oxygen atoms in total. The summed E-state index contributed by atoms with van der Waals surface area (Å²) in [5, 5.41) is 33.6. The number of rotatable bonds is 5. The third kappa shape index (κ3) is 4.08. The summed E-state index contributed by atoms with van der Waals surface area (Å²) in [6.45, 7) is 0. The van der Waals surface area contributed by atoms with E-state index in [0.717, 1.165) is 49.6 Å². The molecule has 166 valence electrons. The molecule has 0 fully saturated rings. The van der Waals surface area contributed by atoms with Gasteiger partial charge in [-0.1, -0.05) is 0 Å². The molecule has 1 aliphatic rings. The molecule has 2 aromatic rings. The van der Waals surface area contributed by atoms with Crippen LogP contribution >= 0.6 is 0 Å². The van der Waals surface area contributed by atoms with E-state index in [2.05, 4.69) is 5.10 Å². The predicted octanol–water partition coefficient (Wildman–Crippen LogP) is 3.36. The summed E-state index contributed by atoms with van der Waals surface area (Å²) in [5.74, 6) is -3.69. The van der Waals surface area contributed by atoms with Crippen LogP contribution in [0, 0.1) is 10.1 Å². The highest BCUT2D eigenvalue weighted by Crippen LogP contribution is 2.39. The second kappa shape index (κ2) is 8.02. The number of carbonyl (C=O) groups excluding carboxylic acids is 1. The molecule has 0 radical (unpaired) electrons. The standard InChI is InChI=1S/C19H12F3N3O7/c1-32-14-8-9(7-13(15(14)26)25(30)31)6-12-16(19(20,21)22)23-24(17(12)27)11-4-2-10(3-5-11)18(28)29/h2-8,26H,1H3,(H,28,29)/b12-6-. The summed E-state index contributed by atoms with van der Waals surface area (Å²) in [6, 6.07) is 6.18. The van der Waals surface area contributed by atoms with Crippen LogP contribution in [0.25, 0.3) is 6.08 Å². The van der Waals surface area contributed by atoms with Crippen LogP contribution in [0.5, 0.6) is 11.5 Å². The van der Waals surface area contributed by atoms with E-state index in [1.165, 1.54) is 0 Å². The van der Waals surface area contributed by atoms with Crippen LogP contribution in [0.2, 0.25) is 0 Å². The number of halogens is 3. The normalized spacial score (nSPS) is 15.1. The zero-order valence-corrected chi connectivity index (χ0v) is 16.0. The van der Waals surface area contributed by atoms with Gasteiger partial charge in [0.05, 0.1) is 28.9 Å². The van der Waals surface area contributed by atoms with Crippen molar-refractivity contribution in [2.75, 3.05) is 12.1 Å². The number of benzene rings is 2. The Kier molecular flexibility index (Phi) is 5.58. The van der Waals surface area contributed by atoms with Crippen molar-refractivity contribution in [1.82, 2.24) is 0 Å². The molecule has 0 spiro atoms. The molecule has 2 N–H and O–H groups in total. The van der Waals surface area contributed by atoms with Gasteiger partial charge >= 0.3 is 17.8 Å². The van der Waals surface area contributed by atoms with Crippen LogP contribution in [0.3, 0.4) is 0 Å². The van der Waals surface area contributed by atoms with Gasteiger partial charge in [0.1, 0.15) is 0 Å². The molecule has 0 atom stereocenters. The Morgan fingerprint density at radius 1 is 1.25 bits per heavy atom. The fourth-order valence-electron chi connectivity index (χ4n) is 2.83. The van der Waals surface area contributed by atoms with Crippen LogP contribution < -0.4 is 9.75 Å².